The number of ether oxygens (including phenoxy) is 2. The summed E-state index contributed by atoms with van der Waals surface area (Å²) < 4.78 is 10.8. The Labute approximate surface area is 124 Å². The maximum atomic E-state index is 12.8. The van der Waals surface area contributed by atoms with E-state index in [9.17, 15) is 14.7 Å². The van der Waals surface area contributed by atoms with Crippen LogP contribution in [0, 0.1) is 5.92 Å². The second-order valence-corrected chi connectivity index (χ2v) is 5.76. The van der Waals surface area contributed by atoms with Crippen molar-refractivity contribution in [1.29, 1.82) is 0 Å². The van der Waals surface area contributed by atoms with Gasteiger partial charge in [-0.15, -0.1) is 0 Å². The smallest absolute Gasteiger partial charge is 0.320 e. The van der Waals surface area contributed by atoms with Crippen LogP contribution in [0.5, 0.6) is 0 Å². The Hall–Kier alpha value is -1.34. The van der Waals surface area contributed by atoms with Crippen LogP contribution < -0.4 is 0 Å². The Balaban J connectivity index is 2.12. The van der Waals surface area contributed by atoms with Gasteiger partial charge >= 0.3 is 12.0 Å². The molecule has 2 fully saturated rings. The Kier molecular flexibility index (Phi) is 5.05. The van der Waals surface area contributed by atoms with Crippen molar-refractivity contribution in [2.75, 3.05) is 32.9 Å². The molecule has 120 valence electrons. The fraction of sp³-hybridized carbons (Fsp3) is 0.857. The standard InChI is InChI=1S/C14H24N2O5/c1-4-15(12-8-20-7-11(12)13(17)18)14(19)16-5-10(3)21-6-9(16)2/h9-12H,4-8H2,1-3H3,(H,17,18). The molecular weight excluding hydrogens is 276 g/mol. The first-order valence-electron chi connectivity index (χ1n) is 7.45. The molecule has 2 amide bonds. The molecule has 1 N–H and O–H groups in total. The third kappa shape index (κ3) is 3.29. The summed E-state index contributed by atoms with van der Waals surface area (Å²) in [7, 11) is 0. The van der Waals surface area contributed by atoms with Gasteiger partial charge in [0.15, 0.2) is 0 Å². The fourth-order valence-electron chi connectivity index (χ4n) is 2.93. The highest BCUT2D eigenvalue weighted by atomic mass is 16.5. The van der Waals surface area contributed by atoms with Crippen LogP contribution in [0.4, 0.5) is 4.79 Å². The highest BCUT2D eigenvalue weighted by Gasteiger charge is 2.42. The monoisotopic (exact) mass is 300 g/mol. The van der Waals surface area contributed by atoms with Crippen LogP contribution in [0.1, 0.15) is 20.8 Å². The van der Waals surface area contributed by atoms with Gasteiger partial charge in [0, 0.05) is 13.1 Å². The minimum Gasteiger partial charge on any atom is -0.481 e. The van der Waals surface area contributed by atoms with E-state index >= 15 is 0 Å². The van der Waals surface area contributed by atoms with E-state index in [2.05, 4.69) is 0 Å². The number of likely N-dealkylation sites (N-methyl/N-ethyl adjacent to an activating group) is 1. The van der Waals surface area contributed by atoms with Crippen molar-refractivity contribution in [3.8, 4) is 0 Å². The molecular formula is C14H24N2O5. The van der Waals surface area contributed by atoms with Gasteiger partial charge < -0.3 is 24.4 Å². The van der Waals surface area contributed by atoms with Crippen molar-refractivity contribution < 1.29 is 24.2 Å². The van der Waals surface area contributed by atoms with Crippen LogP contribution >= 0.6 is 0 Å². The molecule has 0 aromatic carbocycles. The predicted molar refractivity (Wildman–Crippen MR) is 75.1 cm³/mol. The molecule has 2 saturated heterocycles. The molecule has 2 aliphatic heterocycles. The molecule has 2 heterocycles. The van der Waals surface area contributed by atoms with Crippen molar-refractivity contribution in [1.82, 2.24) is 9.80 Å². The summed E-state index contributed by atoms with van der Waals surface area (Å²) in [6, 6.07) is -0.527. The Morgan fingerprint density at radius 3 is 2.62 bits per heavy atom. The van der Waals surface area contributed by atoms with Gasteiger partial charge in [0.2, 0.25) is 0 Å². The minimum atomic E-state index is -0.910. The maximum Gasteiger partial charge on any atom is 0.320 e. The molecule has 0 aliphatic carbocycles. The molecule has 2 aliphatic rings. The normalized spacial score (nSPS) is 33.0. The number of urea groups is 1. The number of morpholine rings is 1. The number of carboxylic acid groups (broad SMARTS) is 1. The van der Waals surface area contributed by atoms with E-state index in [-0.39, 0.29) is 31.4 Å². The minimum absolute atomic E-state index is 0.000968. The maximum absolute atomic E-state index is 12.8. The van der Waals surface area contributed by atoms with Crippen LogP contribution in [0.15, 0.2) is 0 Å². The first kappa shape index (κ1) is 16.0. The van der Waals surface area contributed by atoms with Gasteiger partial charge in [-0.3, -0.25) is 4.79 Å². The highest BCUT2D eigenvalue weighted by molar-refractivity contribution is 5.77. The van der Waals surface area contributed by atoms with E-state index in [4.69, 9.17) is 9.47 Å². The average Bonchev–Trinajstić information content (AvgIpc) is 2.91. The third-order valence-electron chi connectivity index (χ3n) is 4.21. The summed E-state index contributed by atoms with van der Waals surface area (Å²) >= 11 is 0. The van der Waals surface area contributed by atoms with Gasteiger partial charge in [-0.05, 0) is 20.8 Å². The molecule has 4 atom stereocenters. The van der Waals surface area contributed by atoms with E-state index in [0.717, 1.165) is 0 Å². The molecule has 0 bridgehead atoms. The summed E-state index contributed by atoms with van der Waals surface area (Å²) in [6.45, 7) is 7.69. The largest absolute Gasteiger partial charge is 0.481 e. The predicted octanol–water partition coefficient (Wildman–Crippen LogP) is 0.637. The van der Waals surface area contributed by atoms with Crippen LogP contribution in [0.25, 0.3) is 0 Å². The molecule has 7 nitrogen and oxygen atoms in total. The zero-order valence-corrected chi connectivity index (χ0v) is 12.8. The van der Waals surface area contributed by atoms with E-state index < -0.39 is 17.9 Å². The summed E-state index contributed by atoms with van der Waals surface area (Å²) in [5.41, 5.74) is 0. The first-order chi connectivity index (χ1) is 9.95. The van der Waals surface area contributed by atoms with Gasteiger partial charge in [0.1, 0.15) is 5.92 Å². The van der Waals surface area contributed by atoms with Gasteiger partial charge in [0.25, 0.3) is 0 Å². The zero-order valence-electron chi connectivity index (χ0n) is 12.8. The van der Waals surface area contributed by atoms with Crippen molar-refractivity contribution in [2.45, 2.75) is 39.0 Å². The lowest BCUT2D eigenvalue weighted by molar-refractivity contribution is -0.142. The van der Waals surface area contributed by atoms with Crippen LogP contribution in [0.3, 0.4) is 0 Å². The highest BCUT2D eigenvalue weighted by Crippen LogP contribution is 2.23. The Morgan fingerprint density at radius 1 is 1.29 bits per heavy atom. The molecule has 4 unspecified atom stereocenters. The number of carboxylic acids is 1. The van der Waals surface area contributed by atoms with Crippen molar-refractivity contribution >= 4 is 12.0 Å². The SMILES string of the molecule is CCN(C(=O)N1CC(C)OCC1C)C1COCC1C(=O)O. The number of nitrogens with zero attached hydrogens (tertiary/aromatic N) is 2. The van der Waals surface area contributed by atoms with Crippen LogP contribution in [-0.4, -0.2) is 78.0 Å². The lowest BCUT2D eigenvalue weighted by atomic mass is 10.0. The molecule has 21 heavy (non-hydrogen) atoms. The molecule has 0 radical (unpaired) electrons. The molecule has 0 aromatic heterocycles. The van der Waals surface area contributed by atoms with E-state index in [1.54, 1.807) is 9.80 Å². The number of carbonyl (C=O) groups is 2. The number of hydrogen-bond acceptors (Lipinski definition) is 4. The summed E-state index contributed by atoms with van der Waals surface area (Å²) in [6.07, 6.45) is -0.000968. The van der Waals surface area contributed by atoms with Crippen molar-refractivity contribution in [3.63, 3.8) is 0 Å². The number of amides is 2. The number of carbonyl (C=O) groups excluding carboxylic acids is 1. The molecule has 0 saturated carbocycles. The fourth-order valence-corrected chi connectivity index (χ4v) is 2.93. The topological polar surface area (TPSA) is 79.3 Å². The summed E-state index contributed by atoms with van der Waals surface area (Å²) in [4.78, 5) is 27.5. The van der Waals surface area contributed by atoms with E-state index in [1.165, 1.54) is 0 Å². The molecule has 2 rings (SSSR count). The number of rotatable bonds is 3. The lowest BCUT2D eigenvalue weighted by Gasteiger charge is -2.41. The molecule has 0 spiro atoms. The Bertz CT molecular complexity index is 403. The second-order valence-electron chi connectivity index (χ2n) is 5.76. The summed E-state index contributed by atoms with van der Waals surface area (Å²) in [5, 5.41) is 9.26. The summed E-state index contributed by atoms with van der Waals surface area (Å²) in [5.74, 6) is -1.56. The number of hydrogen-bond donors (Lipinski definition) is 1. The van der Waals surface area contributed by atoms with Gasteiger partial charge in [-0.25, -0.2) is 4.79 Å². The van der Waals surface area contributed by atoms with Crippen molar-refractivity contribution in [3.05, 3.63) is 0 Å². The first-order valence-corrected chi connectivity index (χ1v) is 7.45. The van der Waals surface area contributed by atoms with Gasteiger partial charge in [-0.1, -0.05) is 0 Å². The van der Waals surface area contributed by atoms with Gasteiger partial charge in [-0.2, -0.15) is 0 Å². The third-order valence-corrected chi connectivity index (χ3v) is 4.21. The molecule has 0 aromatic rings. The van der Waals surface area contributed by atoms with Crippen LogP contribution in [0.2, 0.25) is 0 Å². The van der Waals surface area contributed by atoms with Gasteiger partial charge in [0.05, 0.1) is 38.0 Å². The average molecular weight is 300 g/mol. The Morgan fingerprint density at radius 2 is 2.00 bits per heavy atom. The van der Waals surface area contributed by atoms with E-state index in [1.807, 2.05) is 20.8 Å². The molecule has 7 heteroatoms. The second kappa shape index (κ2) is 6.62. The van der Waals surface area contributed by atoms with Crippen LogP contribution in [-0.2, 0) is 14.3 Å². The zero-order chi connectivity index (χ0) is 15.6. The van der Waals surface area contributed by atoms with E-state index in [0.29, 0.717) is 19.7 Å². The lowest BCUT2D eigenvalue weighted by Crippen LogP contribution is -2.58. The quantitative estimate of drug-likeness (QED) is 0.827. The number of aliphatic carboxylic acids is 1. The van der Waals surface area contributed by atoms with Crippen molar-refractivity contribution in [2.24, 2.45) is 5.92 Å².